The van der Waals surface area contributed by atoms with Gasteiger partial charge in [0.2, 0.25) is 21.4 Å². The zero-order chi connectivity index (χ0) is 98.3. The fourth-order valence-corrected chi connectivity index (χ4v) is 17.6. The number of hydrogen-bond donors (Lipinski definition) is 9. The number of hydrogen-bond acceptors (Lipinski definition) is 33. The number of nitro benzene ring substituents is 1. The molecular weight excluding hydrogens is 1860 g/mol. The molecule has 0 aliphatic rings. The highest BCUT2D eigenvalue weighted by Gasteiger charge is 2.31. The number of phenolic OH excluding ortho intramolecular Hbond substituents is 5. The third-order valence-corrected chi connectivity index (χ3v) is 25.3. The maximum absolute atomic E-state index is 13.4. The van der Waals surface area contributed by atoms with Crippen LogP contribution in [0.1, 0.15) is 110 Å². The average molecular weight is 1960 g/mol. The number of nitro groups is 1. The number of anilines is 3. The van der Waals surface area contributed by atoms with Crippen LogP contribution in [0.15, 0.2) is 207 Å². The van der Waals surface area contributed by atoms with Crippen LogP contribution >= 0.6 is 58.8 Å². The number of unbranched alkanes of at least 4 members (excludes halogenated alkanes) is 1. The molecular formula is C95H94N16O21S5. The normalized spacial score (nSPS) is 11.1. The van der Waals surface area contributed by atoms with E-state index in [0.717, 1.165) is 86.2 Å². The number of nitrogens with one attached hydrogen (secondary N) is 4. The largest absolute Gasteiger partial charge is 0.508 e. The van der Waals surface area contributed by atoms with Crippen LogP contribution in [0.4, 0.5) is 27.5 Å². The number of thioether (sulfide) groups is 2. The lowest BCUT2D eigenvalue weighted by Crippen LogP contribution is -2.39. The van der Waals surface area contributed by atoms with E-state index in [-0.39, 0.29) is 97.0 Å². The molecule has 710 valence electrons. The van der Waals surface area contributed by atoms with Gasteiger partial charge in [-0.25, -0.2) is 14.2 Å². The second-order valence-electron chi connectivity index (χ2n) is 30.5. The van der Waals surface area contributed by atoms with Gasteiger partial charge in [0.25, 0.3) is 23.6 Å². The fraction of sp³-hybridized carbons (Fsp3) is 0.232. The second kappa shape index (κ2) is 47.0. The second-order valence-corrected chi connectivity index (χ2v) is 35.6. The monoisotopic (exact) mass is 1950 g/mol. The molecule has 37 nitrogen and oxygen atoms in total. The summed E-state index contributed by atoms with van der Waals surface area (Å²) in [6.45, 7) is 15.0. The fourth-order valence-electron chi connectivity index (χ4n) is 13.3. The van der Waals surface area contributed by atoms with Crippen molar-refractivity contribution in [2.75, 3.05) is 57.0 Å². The molecule has 1 atom stereocenters. The van der Waals surface area contributed by atoms with Crippen molar-refractivity contribution in [2.45, 2.75) is 124 Å². The molecule has 3 aromatic heterocycles. The SMILES string of the molecule is CCCCn1nnn(CN(CC(=O)OC)C(=O)Oc2cc(C(=O)Nc3ccccc3C)c(O)c3ccccc23)c1=S.CCCNC(=O)c1cc(Oc2cc(C)c(O)cc2NC(=O)COc2ccc(C)cc2C)c(O)c(O)c1Sc1nnc(SC(C)C(=O)OC)s1.COc1ccc(Cn2nnnc2SCc2ccc(Oc3cc(C(=O)Nc4ccccc4C)c(O)c4ccccc34)c([N+](=O)[O-])c2)cc1. The van der Waals surface area contributed by atoms with E-state index in [0.29, 0.717) is 95.4 Å². The molecule has 11 aromatic carbocycles. The number of rotatable bonds is 35. The number of aromatic nitrogens is 10. The zero-order valence-electron chi connectivity index (χ0n) is 75.7. The molecule has 0 aliphatic heterocycles. The van der Waals surface area contributed by atoms with Crippen LogP contribution in [0.3, 0.4) is 0 Å². The van der Waals surface area contributed by atoms with Crippen LogP contribution in [0, 0.1) is 49.5 Å². The number of carbonyl (C=O) groups excluding carboxylic acids is 7. The van der Waals surface area contributed by atoms with Gasteiger partial charge in [-0.1, -0.05) is 188 Å². The maximum atomic E-state index is 13.4. The van der Waals surface area contributed by atoms with Crippen molar-refractivity contribution < 1.29 is 97.2 Å². The summed E-state index contributed by atoms with van der Waals surface area (Å²) < 4.78 is 43.8. The Bertz CT molecular complexity index is 6900. The van der Waals surface area contributed by atoms with Crippen molar-refractivity contribution in [3.63, 3.8) is 0 Å². The number of aromatic hydroxyl groups is 5. The maximum Gasteiger partial charge on any atom is 0.417 e. The predicted octanol–water partition coefficient (Wildman–Crippen LogP) is 18.1. The molecule has 0 aliphatic carbocycles. The van der Waals surface area contributed by atoms with Crippen LogP contribution in [0.5, 0.6) is 69.0 Å². The van der Waals surface area contributed by atoms with Gasteiger partial charge < -0.3 is 80.0 Å². The summed E-state index contributed by atoms with van der Waals surface area (Å²) in [4.78, 5) is 103. The molecule has 14 aromatic rings. The number of carbonyl (C=O) groups is 7. The quantitative estimate of drug-likeness (QED) is 0.00445. The molecule has 0 radical (unpaired) electrons. The summed E-state index contributed by atoms with van der Waals surface area (Å²) >= 11 is 9.94. The molecule has 137 heavy (non-hydrogen) atoms. The van der Waals surface area contributed by atoms with E-state index in [2.05, 4.69) is 57.4 Å². The van der Waals surface area contributed by atoms with E-state index in [1.807, 2.05) is 102 Å². The highest BCUT2D eigenvalue weighted by Crippen LogP contribution is 2.51. The van der Waals surface area contributed by atoms with Crippen molar-refractivity contribution in [3.05, 3.63) is 259 Å². The van der Waals surface area contributed by atoms with Crippen molar-refractivity contribution in [1.82, 2.24) is 60.4 Å². The number of nitrogens with zero attached hydrogens (tertiary/aromatic N) is 12. The van der Waals surface area contributed by atoms with Crippen LogP contribution < -0.4 is 45.0 Å². The summed E-state index contributed by atoms with van der Waals surface area (Å²) in [6.07, 6.45) is 1.48. The number of methoxy groups -OCH3 is 3. The van der Waals surface area contributed by atoms with E-state index >= 15 is 0 Å². The summed E-state index contributed by atoms with van der Waals surface area (Å²) in [5.41, 5.74) is 6.39. The van der Waals surface area contributed by atoms with E-state index in [4.69, 9.17) is 45.4 Å². The highest BCUT2D eigenvalue weighted by molar-refractivity contribution is 8.04. The van der Waals surface area contributed by atoms with Gasteiger partial charge in [-0.3, -0.25) is 43.8 Å². The highest BCUT2D eigenvalue weighted by atomic mass is 32.2. The first kappa shape index (κ1) is 101. The minimum absolute atomic E-state index is 0.00314. The van der Waals surface area contributed by atoms with Crippen LogP contribution in [0.25, 0.3) is 21.5 Å². The van der Waals surface area contributed by atoms with Crippen LogP contribution in [0.2, 0.25) is 0 Å². The average Bonchev–Trinajstić information content (AvgIpc) is 1.66. The van der Waals surface area contributed by atoms with Crippen LogP contribution in [-0.2, 0) is 49.4 Å². The summed E-state index contributed by atoms with van der Waals surface area (Å²) in [5, 5.41) is 108. The molecule has 9 N–H and O–H groups in total. The van der Waals surface area contributed by atoms with Gasteiger partial charge in [-0.2, -0.15) is 4.68 Å². The van der Waals surface area contributed by atoms with Crippen molar-refractivity contribution in [1.29, 1.82) is 0 Å². The number of ether oxygens (including phenoxy) is 7. The number of benzene rings is 11. The minimum atomic E-state index is -0.929. The molecule has 1 unspecified atom stereocenters. The first-order valence-electron chi connectivity index (χ1n) is 42.2. The Morgan fingerprint density at radius 3 is 1.78 bits per heavy atom. The van der Waals surface area contributed by atoms with E-state index in [1.165, 1.54) is 77.8 Å². The number of esters is 2. The van der Waals surface area contributed by atoms with Gasteiger partial charge in [0.15, 0.2) is 32.5 Å². The molecule has 42 heteroatoms. The van der Waals surface area contributed by atoms with Crippen molar-refractivity contribution in [3.8, 4) is 69.0 Å². The Hall–Kier alpha value is -15.4. The van der Waals surface area contributed by atoms with E-state index in [9.17, 15) is 69.2 Å². The van der Waals surface area contributed by atoms with Crippen molar-refractivity contribution in [2.24, 2.45) is 0 Å². The van der Waals surface area contributed by atoms with E-state index in [1.54, 1.807) is 111 Å². The van der Waals surface area contributed by atoms with Gasteiger partial charge in [-0.05, 0) is 181 Å². The van der Waals surface area contributed by atoms with Crippen LogP contribution in [-0.4, -0.2) is 173 Å². The molecule has 0 spiro atoms. The molecule has 5 amide bonds. The summed E-state index contributed by atoms with van der Waals surface area (Å²) in [6, 6.07) is 52.4. The Morgan fingerprint density at radius 2 is 1.16 bits per heavy atom. The Kier molecular flexibility index (Phi) is 34.5. The molecule has 0 saturated carbocycles. The van der Waals surface area contributed by atoms with Gasteiger partial charge >= 0.3 is 23.7 Å². The Morgan fingerprint density at radius 1 is 0.562 bits per heavy atom. The first-order valence-corrected chi connectivity index (χ1v) is 46.1. The lowest BCUT2D eigenvalue weighted by Gasteiger charge is -2.21. The standard InChI is InChI=1S/C34H28N6O6S.C33H36N4O9S3.C28H30N6O6S/c1-21-7-3-6-10-28(21)35-33(42)27-18-31(25-8-4-5-9-26(25)32(27)41)46-30-16-13-23(17-29(30)40(43)44)20-47-34-36-37-38-39(34)19-22-11-14-24(45-2)15-12-22;1-7-10-34-30(42)20-13-25(27(40)28(41)29(20)48-33-37-36-32(49-33)47-19(5)31(43)44-6)46-24-12-17(3)22(38)14-21(24)35-26(39)15-45-23-9-8-16(2)11-18(23)4;1-4-5-14-33-27(41)34(31-30-33)17-32(16-24(35)39-3)28(38)40-23-15-21(25(36)20-12-8-7-11-19(20)23)26(37)29-22-13-9-6-10-18(22)2/h3-18,41H,19-20H2,1-2H3,(H,35,42);8-9,11-14,19,38,40-41H,7,10,15H2,1-6H3,(H,34,42)(H,35,39);6-13,15,36H,4-5,14,16-17H2,1-3H3,(H,29,37). The topological polar surface area (TPSA) is 485 Å². The number of tetrazole rings is 2. The van der Waals surface area contributed by atoms with Gasteiger partial charge in [0.05, 0.1) is 60.1 Å². The Balaban J connectivity index is 0.000000185. The zero-order valence-corrected chi connectivity index (χ0v) is 79.8. The molecule has 14 rings (SSSR count). The van der Waals surface area contributed by atoms with E-state index < -0.39 is 69.9 Å². The summed E-state index contributed by atoms with van der Waals surface area (Å²) in [5.74, 6) is -3.83. The summed E-state index contributed by atoms with van der Waals surface area (Å²) in [7, 11) is 4.09. The van der Waals surface area contributed by atoms with Gasteiger partial charge in [-0.15, -0.1) is 15.3 Å². The lowest BCUT2D eigenvalue weighted by molar-refractivity contribution is -0.385. The number of fused-ring (bicyclic) bond motifs is 2. The Labute approximate surface area is 805 Å². The predicted molar refractivity (Wildman–Crippen MR) is 517 cm³/mol. The number of amides is 5. The third kappa shape index (κ3) is 25.8. The minimum Gasteiger partial charge on any atom is -0.508 e. The third-order valence-electron chi connectivity index (χ3n) is 20.6. The number of para-hydroxylation sites is 2. The number of aryl methyl sites for hydroxylation is 6. The molecule has 0 saturated heterocycles. The number of phenols is 5. The molecule has 3 heterocycles. The lowest BCUT2D eigenvalue weighted by atomic mass is 10.0. The van der Waals surface area contributed by atoms with Crippen molar-refractivity contribution >= 4 is 145 Å². The van der Waals surface area contributed by atoms with Gasteiger partial charge in [0, 0.05) is 63.9 Å². The van der Waals surface area contributed by atoms with Gasteiger partial charge in [0.1, 0.15) is 58.7 Å². The molecule has 0 fully saturated rings. The first-order chi connectivity index (χ1) is 65.8. The molecule has 0 bridgehead atoms. The smallest absolute Gasteiger partial charge is 0.417 e.